The minimum absolute atomic E-state index is 0.00464. The first-order valence-electron chi connectivity index (χ1n) is 12.6. The van der Waals surface area contributed by atoms with E-state index >= 15 is 0 Å². The predicted molar refractivity (Wildman–Crippen MR) is 142 cm³/mol. The Bertz CT molecular complexity index is 1370. The van der Waals surface area contributed by atoms with Crippen LogP contribution >= 0.6 is 11.6 Å². The molecule has 0 saturated carbocycles. The first kappa shape index (κ1) is 33.0. The number of halogens is 6. The molecular weight excluding hydrogens is 599 g/mol. The number of carbonyl (C=O) groups is 1. The van der Waals surface area contributed by atoms with Gasteiger partial charge in [-0.1, -0.05) is 31.5 Å². The van der Waals surface area contributed by atoms with Crippen LogP contribution in [0, 0.1) is 5.41 Å². The fourth-order valence-electron chi connectivity index (χ4n) is 4.36. The van der Waals surface area contributed by atoms with Gasteiger partial charge in [-0.05, 0) is 43.9 Å². The second-order valence-corrected chi connectivity index (χ2v) is 13.3. The summed E-state index contributed by atoms with van der Waals surface area (Å²) in [5.74, 6) is -1.20. The molecule has 0 bridgehead atoms. The summed E-state index contributed by atoms with van der Waals surface area (Å²) >= 11 is 6.51. The van der Waals surface area contributed by atoms with Crippen molar-refractivity contribution >= 4 is 27.3 Å². The SMILES string of the molecule is CCn1nc(C(=O)NC[C@]2(N)CC[C@@H](S(C)(=O)=O)CO2)c(Cl)c1-c1ccc(CC(C)(C)C(F)(F)F)cc1OC(F)F. The van der Waals surface area contributed by atoms with Gasteiger partial charge >= 0.3 is 12.8 Å². The summed E-state index contributed by atoms with van der Waals surface area (Å²) in [5, 5.41) is 5.83. The van der Waals surface area contributed by atoms with Crippen molar-refractivity contribution in [2.24, 2.45) is 11.1 Å². The molecule has 1 aromatic carbocycles. The van der Waals surface area contributed by atoms with Crippen LogP contribution in [0.15, 0.2) is 18.2 Å². The third-order valence-corrected chi connectivity index (χ3v) is 8.88. The summed E-state index contributed by atoms with van der Waals surface area (Å²) in [7, 11) is -3.32. The third kappa shape index (κ3) is 7.67. The predicted octanol–water partition coefficient (Wildman–Crippen LogP) is 4.56. The fourth-order valence-corrected chi connectivity index (χ4v) is 5.54. The zero-order valence-corrected chi connectivity index (χ0v) is 24.4. The number of aromatic nitrogens is 2. The number of hydrogen-bond acceptors (Lipinski definition) is 7. The maximum Gasteiger partial charge on any atom is 0.394 e. The second kappa shape index (κ2) is 12.0. The summed E-state index contributed by atoms with van der Waals surface area (Å²) in [4.78, 5) is 13.0. The standard InChI is InChI=1S/C25H32ClF5N4O5S/c1-5-35-20(16-7-6-14(10-17(16)40-22(27)28)11-23(2,3)25(29,30)31)18(26)19(34-35)21(36)33-13-24(32)9-8-15(12-39-24)41(4,37)38/h6-7,10,15,22H,5,8-9,11-13,32H2,1-4H3,(H,33,36)/t15-,24+/m1/s1. The average molecular weight is 631 g/mol. The van der Waals surface area contributed by atoms with Gasteiger partial charge in [-0.3, -0.25) is 9.48 Å². The molecule has 1 amide bonds. The normalized spacial score (nSPS) is 20.3. The maximum absolute atomic E-state index is 13.4. The van der Waals surface area contributed by atoms with Crippen LogP contribution in [-0.4, -0.2) is 67.3 Å². The molecular formula is C25H32ClF5N4O5S. The summed E-state index contributed by atoms with van der Waals surface area (Å²) in [5.41, 5.74) is 2.59. The number of carbonyl (C=O) groups excluding carboxylic acids is 1. The molecule has 1 fully saturated rings. The zero-order chi connectivity index (χ0) is 31.0. The van der Waals surface area contributed by atoms with Crippen molar-refractivity contribution in [2.75, 3.05) is 19.4 Å². The van der Waals surface area contributed by atoms with Gasteiger partial charge < -0.3 is 20.5 Å². The Labute approximate surface area is 239 Å². The van der Waals surface area contributed by atoms with Crippen molar-refractivity contribution in [2.45, 2.75) is 70.3 Å². The number of hydrogen-bond donors (Lipinski definition) is 2. The van der Waals surface area contributed by atoms with E-state index in [1.807, 2.05) is 0 Å². The fraction of sp³-hybridized carbons (Fsp3) is 0.600. The topological polar surface area (TPSA) is 126 Å². The van der Waals surface area contributed by atoms with E-state index in [2.05, 4.69) is 15.2 Å². The van der Waals surface area contributed by atoms with Crippen molar-refractivity contribution in [3.8, 4) is 17.0 Å². The number of ether oxygens (including phenoxy) is 2. The first-order chi connectivity index (χ1) is 18.8. The number of nitrogens with two attached hydrogens (primary N) is 1. The Morgan fingerprint density at radius 1 is 1.34 bits per heavy atom. The summed E-state index contributed by atoms with van der Waals surface area (Å²) < 4.78 is 102. The van der Waals surface area contributed by atoms with Crippen LogP contribution in [0.25, 0.3) is 11.3 Å². The van der Waals surface area contributed by atoms with E-state index in [1.54, 1.807) is 6.92 Å². The average Bonchev–Trinajstić information content (AvgIpc) is 3.17. The van der Waals surface area contributed by atoms with E-state index < -0.39 is 57.1 Å². The Morgan fingerprint density at radius 2 is 2.00 bits per heavy atom. The van der Waals surface area contributed by atoms with E-state index in [-0.39, 0.29) is 60.1 Å². The summed E-state index contributed by atoms with van der Waals surface area (Å²) in [6.07, 6.45) is -3.55. The van der Waals surface area contributed by atoms with Crippen LogP contribution in [0.3, 0.4) is 0 Å². The van der Waals surface area contributed by atoms with Crippen molar-refractivity contribution in [1.82, 2.24) is 15.1 Å². The van der Waals surface area contributed by atoms with E-state index in [0.29, 0.717) is 0 Å². The molecule has 0 aliphatic carbocycles. The Morgan fingerprint density at radius 3 is 2.51 bits per heavy atom. The zero-order valence-electron chi connectivity index (χ0n) is 22.8. The molecule has 230 valence electrons. The molecule has 16 heteroatoms. The number of rotatable bonds is 10. The quantitative estimate of drug-likeness (QED) is 0.369. The summed E-state index contributed by atoms with van der Waals surface area (Å²) in [6.45, 7) is 0.173. The van der Waals surface area contributed by atoms with E-state index in [4.69, 9.17) is 22.1 Å². The van der Waals surface area contributed by atoms with Gasteiger partial charge in [0.25, 0.3) is 5.91 Å². The molecule has 1 aliphatic heterocycles. The number of aryl methyl sites for hydroxylation is 1. The monoisotopic (exact) mass is 630 g/mol. The largest absolute Gasteiger partial charge is 0.434 e. The van der Waals surface area contributed by atoms with E-state index in [9.17, 15) is 35.2 Å². The highest BCUT2D eigenvalue weighted by atomic mass is 35.5. The second-order valence-electron chi connectivity index (χ2n) is 10.6. The van der Waals surface area contributed by atoms with Crippen LogP contribution in [0.2, 0.25) is 5.02 Å². The molecule has 9 nitrogen and oxygen atoms in total. The number of amides is 1. The molecule has 1 aliphatic rings. The molecule has 3 rings (SSSR count). The lowest BCUT2D eigenvalue weighted by Gasteiger charge is -2.36. The van der Waals surface area contributed by atoms with E-state index in [0.717, 1.165) is 26.2 Å². The van der Waals surface area contributed by atoms with Gasteiger partial charge in [0, 0.05) is 18.4 Å². The van der Waals surface area contributed by atoms with Gasteiger partial charge in [0.2, 0.25) is 0 Å². The highest BCUT2D eigenvalue weighted by Crippen LogP contribution is 2.43. The Hall–Kier alpha value is -2.49. The van der Waals surface area contributed by atoms with Crippen molar-refractivity contribution < 1.29 is 44.6 Å². The molecule has 2 atom stereocenters. The minimum Gasteiger partial charge on any atom is -0.434 e. The summed E-state index contributed by atoms with van der Waals surface area (Å²) in [6, 6.07) is 3.71. The van der Waals surface area contributed by atoms with Crippen LogP contribution in [-0.2, 0) is 27.5 Å². The van der Waals surface area contributed by atoms with Gasteiger partial charge in [0.05, 0.1) is 34.5 Å². The van der Waals surface area contributed by atoms with Crippen LogP contribution in [0.5, 0.6) is 5.75 Å². The molecule has 0 radical (unpaired) electrons. The number of nitrogens with one attached hydrogen (secondary N) is 1. The molecule has 2 aromatic rings. The lowest BCUT2D eigenvalue weighted by molar-refractivity contribution is -0.211. The van der Waals surface area contributed by atoms with Gasteiger partial charge in [0.1, 0.15) is 11.5 Å². The highest BCUT2D eigenvalue weighted by molar-refractivity contribution is 7.91. The lowest BCUT2D eigenvalue weighted by Crippen LogP contribution is -2.56. The lowest BCUT2D eigenvalue weighted by atomic mass is 9.84. The Balaban J connectivity index is 1.89. The molecule has 2 heterocycles. The third-order valence-electron chi connectivity index (χ3n) is 6.94. The van der Waals surface area contributed by atoms with Gasteiger partial charge in [0.15, 0.2) is 15.5 Å². The van der Waals surface area contributed by atoms with Crippen LogP contribution in [0.1, 0.15) is 49.7 Å². The van der Waals surface area contributed by atoms with Gasteiger partial charge in [-0.15, -0.1) is 0 Å². The number of benzene rings is 1. The smallest absolute Gasteiger partial charge is 0.394 e. The molecule has 1 aromatic heterocycles. The number of nitrogens with zero attached hydrogens (tertiary/aromatic N) is 2. The van der Waals surface area contributed by atoms with Crippen molar-refractivity contribution in [3.63, 3.8) is 0 Å². The van der Waals surface area contributed by atoms with E-state index in [1.165, 1.54) is 16.8 Å². The molecule has 0 unspecified atom stereocenters. The van der Waals surface area contributed by atoms with Crippen molar-refractivity contribution in [3.05, 3.63) is 34.5 Å². The highest BCUT2D eigenvalue weighted by Gasteiger charge is 2.47. The minimum atomic E-state index is -4.54. The van der Waals surface area contributed by atoms with Crippen LogP contribution in [0.4, 0.5) is 22.0 Å². The molecule has 0 spiro atoms. The molecule has 1 saturated heterocycles. The maximum atomic E-state index is 13.4. The first-order valence-corrected chi connectivity index (χ1v) is 14.9. The number of alkyl halides is 5. The van der Waals surface area contributed by atoms with Crippen LogP contribution < -0.4 is 15.8 Å². The van der Waals surface area contributed by atoms with Crippen molar-refractivity contribution in [1.29, 1.82) is 0 Å². The molecule has 41 heavy (non-hydrogen) atoms. The van der Waals surface area contributed by atoms with Gasteiger partial charge in [-0.25, -0.2) is 8.42 Å². The molecule has 3 N–H and O–H groups in total. The number of sulfone groups is 1. The Kier molecular flexibility index (Phi) is 9.68. The van der Waals surface area contributed by atoms with Gasteiger partial charge in [-0.2, -0.15) is 27.1 Å².